The highest BCUT2D eigenvalue weighted by Gasteiger charge is 2.32. The summed E-state index contributed by atoms with van der Waals surface area (Å²) in [6.45, 7) is 3.14. The maximum atomic E-state index is 12.9. The molecule has 2 aliphatic rings. The minimum Gasteiger partial charge on any atom is -0.336 e. The van der Waals surface area contributed by atoms with Gasteiger partial charge in [0, 0.05) is 37.8 Å². The van der Waals surface area contributed by atoms with Crippen LogP contribution >= 0.6 is 11.6 Å². The van der Waals surface area contributed by atoms with Crippen molar-refractivity contribution in [2.24, 2.45) is 0 Å². The highest BCUT2D eigenvalue weighted by molar-refractivity contribution is 6.33. The maximum Gasteiger partial charge on any atom is 0.271 e. The molecule has 1 aromatic heterocycles. The zero-order valence-electron chi connectivity index (χ0n) is 14.9. The Hall–Kier alpha value is -2.38. The van der Waals surface area contributed by atoms with E-state index in [0.717, 1.165) is 24.9 Å². The lowest BCUT2D eigenvalue weighted by molar-refractivity contribution is -0.135. The Morgan fingerprint density at radius 3 is 2.93 bits per heavy atom. The number of nitrogens with zero attached hydrogens (tertiary/aromatic N) is 3. The first-order valence-electron chi connectivity index (χ1n) is 9.23. The van der Waals surface area contributed by atoms with E-state index >= 15 is 0 Å². The molecule has 0 spiro atoms. The minimum absolute atomic E-state index is 0.0864. The van der Waals surface area contributed by atoms with E-state index in [9.17, 15) is 9.59 Å². The van der Waals surface area contributed by atoms with Crippen molar-refractivity contribution in [3.05, 3.63) is 41.0 Å². The van der Waals surface area contributed by atoms with Gasteiger partial charge >= 0.3 is 0 Å². The molecule has 0 bridgehead atoms. The summed E-state index contributed by atoms with van der Waals surface area (Å²) in [7, 11) is 0. The molecular formula is C19H22ClN5O2. The number of hydrogen-bond acceptors (Lipinski definition) is 4. The lowest BCUT2D eigenvalue weighted by Crippen LogP contribution is -2.57. The third-order valence-electron chi connectivity index (χ3n) is 5.21. The molecule has 0 radical (unpaired) electrons. The highest BCUT2D eigenvalue weighted by Crippen LogP contribution is 2.27. The molecule has 2 fully saturated rings. The lowest BCUT2D eigenvalue weighted by Gasteiger charge is -2.41. The number of likely N-dealkylation sites (tertiary alicyclic amines) is 1. The number of rotatable bonds is 3. The first-order valence-corrected chi connectivity index (χ1v) is 9.61. The number of H-pyrrole nitrogens is 1. The van der Waals surface area contributed by atoms with E-state index in [1.807, 2.05) is 28.0 Å². The van der Waals surface area contributed by atoms with Crippen LogP contribution in [0.15, 0.2) is 30.3 Å². The number of piperidine rings is 1. The van der Waals surface area contributed by atoms with Crippen molar-refractivity contribution in [2.75, 3.05) is 32.7 Å². The van der Waals surface area contributed by atoms with Crippen LogP contribution in [0.1, 0.15) is 23.3 Å². The van der Waals surface area contributed by atoms with E-state index in [-0.39, 0.29) is 17.9 Å². The largest absolute Gasteiger partial charge is 0.336 e. The fraction of sp³-hybridized carbons (Fsp3) is 0.421. The number of hydrogen-bond donors (Lipinski definition) is 2. The summed E-state index contributed by atoms with van der Waals surface area (Å²) < 4.78 is 0. The van der Waals surface area contributed by atoms with Crippen molar-refractivity contribution in [3.63, 3.8) is 0 Å². The Bertz CT molecular complexity index is 852. The Balaban J connectivity index is 1.48. The van der Waals surface area contributed by atoms with Gasteiger partial charge < -0.3 is 15.1 Å². The van der Waals surface area contributed by atoms with Gasteiger partial charge in [0.25, 0.3) is 5.91 Å². The van der Waals surface area contributed by atoms with Crippen LogP contribution in [0, 0.1) is 0 Å². The third kappa shape index (κ3) is 3.70. The Morgan fingerprint density at radius 1 is 1.26 bits per heavy atom. The van der Waals surface area contributed by atoms with Crippen molar-refractivity contribution >= 4 is 23.4 Å². The van der Waals surface area contributed by atoms with Gasteiger partial charge in [-0.05, 0) is 25.0 Å². The molecular weight excluding hydrogens is 366 g/mol. The molecule has 1 unspecified atom stereocenters. The summed E-state index contributed by atoms with van der Waals surface area (Å²) in [5.41, 5.74) is 1.88. The summed E-state index contributed by atoms with van der Waals surface area (Å²) in [5, 5.41) is 10.8. The van der Waals surface area contributed by atoms with Crippen molar-refractivity contribution in [2.45, 2.75) is 18.9 Å². The fourth-order valence-electron chi connectivity index (χ4n) is 3.81. The van der Waals surface area contributed by atoms with Gasteiger partial charge in [0.15, 0.2) is 0 Å². The van der Waals surface area contributed by atoms with Gasteiger partial charge in [-0.1, -0.05) is 29.8 Å². The number of amides is 2. The molecule has 27 heavy (non-hydrogen) atoms. The van der Waals surface area contributed by atoms with Crippen LogP contribution < -0.4 is 5.32 Å². The molecule has 8 heteroatoms. The Morgan fingerprint density at radius 2 is 2.11 bits per heavy atom. The van der Waals surface area contributed by atoms with Crippen molar-refractivity contribution in [1.29, 1.82) is 0 Å². The number of aromatic nitrogens is 2. The van der Waals surface area contributed by atoms with Gasteiger partial charge in [-0.15, -0.1) is 0 Å². The number of carbonyl (C=O) groups is 2. The van der Waals surface area contributed by atoms with Crippen molar-refractivity contribution < 1.29 is 9.59 Å². The van der Waals surface area contributed by atoms with Gasteiger partial charge in [-0.3, -0.25) is 14.7 Å². The van der Waals surface area contributed by atoms with Crippen LogP contribution in [0.4, 0.5) is 0 Å². The molecule has 1 aromatic carbocycles. The van der Waals surface area contributed by atoms with Crippen LogP contribution in [0.25, 0.3) is 11.3 Å². The lowest BCUT2D eigenvalue weighted by atomic mass is 10.0. The van der Waals surface area contributed by atoms with E-state index in [0.29, 0.717) is 42.6 Å². The molecule has 3 heterocycles. The quantitative estimate of drug-likeness (QED) is 0.841. The molecule has 142 valence electrons. The van der Waals surface area contributed by atoms with Crippen LogP contribution in [-0.2, 0) is 4.79 Å². The second-order valence-electron chi connectivity index (χ2n) is 6.96. The Labute approximate surface area is 162 Å². The summed E-state index contributed by atoms with van der Waals surface area (Å²) in [4.78, 5) is 28.8. The monoisotopic (exact) mass is 387 g/mol. The molecule has 4 rings (SSSR count). The average molecular weight is 388 g/mol. The first-order chi connectivity index (χ1) is 13.1. The molecule has 2 saturated heterocycles. The van der Waals surface area contributed by atoms with E-state index in [2.05, 4.69) is 15.5 Å². The zero-order valence-corrected chi connectivity index (χ0v) is 15.7. The molecule has 2 N–H and O–H groups in total. The second kappa shape index (κ2) is 7.70. The number of nitrogens with one attached hydrogen (secondary N) is 2. The molecule has 0 saturated carbocycles. The standard InChI is InChI=1S/C19H22ClN5O2/c20-15-6-2-1-5-14(15)16-10-17(23-22-16)19(27)24-8-3-4-13(12-24)25-9-7-21-11-18(25)26/h1-2,5-6,10,13,21H,3-4,7-9,11-12H2,(H,22,23). The fourth-order valence-corrected chi connectivity index (χ4v) is 4.04. The summed E-state index contributed by atoms with van der Waals surface area (Å²) in [5.74, 6) is 0.0242. The van der Waals surface area contributed by atoms with E-state index in [1.165, 1.54) is 0 Å². The van der Waals surface area contributed by atoms with Gasteiger partial charge in [0.2, 0.25) is 5.91 Å². The van der Waals surface area contributed by atoms with E-state index in [1.54, 1.807) is 12.1 Å². The predicted octanol–water partition coefficient (Wildman–Crippen LogP) is 1.77. The molecule has 2 amide bonds. The van der Waals surface area contributed by atoms with Gasteiger partial charge in [0.1, 0.15) is 5.69 Å². The van der Waals surface area contributed by atoms with Crippen LogP contribution in [0.3, 0.4) is 0 Å². The van der Waals surface area contributed by atoms with Gasteiger partial charge in [-0.25, -0.2) is 0 Å². The second-order valence-corrected chi connectivity index (χ2v) is 7.37. The molecule has 2 aromatic rings. The number of aromatic amines is 1. The first kappa shape index (κ1) is 18.0. The van der Waals surface area contributed by atoms with Crippen LogP contribution in [-0.4, -0.2) is 70.6 Å². The normalized spacial score (nSPS) is 20.8. The Kier molecular flexibility index (Phi) is 5.13. The molecule has 7 nitrogen and oxygen atoms in total. The smallest absolute Gasteiger partial charge is 0.271 e. The summed E-state index contributed by atoms with van der Waals surface area (Å²) >= 11 is 6.22. The SMILES string of the molecule is O=C(c1cc(-c2ccccc2Cl)n[nH]1)N1CCCC(N2CCNCC2=O)C1. The maximum absolute atomic E-state index is 12.9. The number of carbonyl (C=O) groups excluding carboxylic acids is 2. The van der Waals surface area contributed by atoms with Crippen molar-refractivity contribution in [3.8, 4) is 11.3 Å². The summed E-state index contributed by atoms with van der Waals surface area (Å²) in [6, 6.07) is 9.24. The zero-order chi connectivity index (χ0) is 18.8. The third-order valence-corrected chi connectivity index (χ3v) is 5.54. The average Bonchev–Trinajstić information content (AvgIpc) is 3.18. The topological polar surface area (TPSA) is 81.3 Å². The molecule has 1 atom stereocenters. The van der Waals surface area contributed by atoms with Gasteiger partial charge in [0.05, 0.1) is 17.3 Å². The molecule has 0 aliphatic carbocycles. The minimum atomic E-state index is -0.0897. The van der Waals surface area contributed by atoms with Crippen molar-refractivity contribution in [1.82, 2.24) is 25.3 Å². The van der Waals surface area contributed by atoms with Gasteiger partial charge in [-0.2, -0.15) is 5.10 Å². The van der Waals surface area contributed by atoms with Crippen LogP contribution in [0.2, 0.25) is 5.02 Å². The number of benzene rings is 1. The van der Waals surface area contributed by atoms with E-state index < -0.39 is 0 Å². The highest BCUT2D eigenvalue weighted by atomic mass is 35.5. The number of halogens is 1. The van der Waals surface area contributed by atoms with E-state index in [4.69, 9.17) is 11.6 Å². The predicted molar refractivity (Wildman–Crippen MR) is 103 cm³/mol. The summed E-state index contributed by atoms with van der Waals surface area (Å²) in [6.07, 6.45) is 1.82. The number of piperazine rings is 1. The molecule has 2 aliphatic heterocycles. The van der Waals surface area contributed by atoms with Crippen LogP contribution in [0.5, 0.6) is 0 Å².